The Morgan fingerprint density at radius 1 is 1.40 bits per heavy atom. The van der Waals surface area contributed by atoms with E-state index in [9.17, 15) is 9.59 Å². The van der Waals surface area contributed by atoms with E-state index in [0.29, 0.717) is 18.2 Å². The van der Waals surface area contributed by atoms with E-state index in [1.165, 1.54) is 0 Å². The van der Waals surface area contributed by atoms with Crippen LogP contribution in [0.3, 0.4) is 0 Å². The molecule has 2 aliphatic rings. The van der Waals surface area contributed by atoms with Gasteiger partial charge in [-0.05, 0) is 33.6 Å². The molecule has 1 atom stereocenters. The highest BCUT2D eigenvalue weighted by molar-refractivity contribution is 6.39. The molecule has 1 saturated carbocycles. The molecule has 0 bridgehead atoms. The lowest BCUT2D eigenvalue weighted by atomic mass is 10.1. The van der Waals surface area contributed by atoms with Gasteiger partial charge in [-0.25, -0.2) is 4.79 Å². The van der Waals surface area contributed by atoms with E-state index in [1.54, 1.807) is 20.8 Å². The largest absolute Gasteiger partial charge is 0.444 e. The van der Waals surface area contributed by atoms with Gasteiger partial charge in [0.25, 0.3) is 5.91 Å². The number of carbonyl (C=O) groups excluding carboxylic acids is 2. The minimum atomic E-state index is -0.535. The molecule has 2 rings (SSSR count). The fraction of sp³-hybridized carbons (Fsp3) is 0.769. The van der Waals surface area contributed by atoms with Gasteiger partial charge in [0, 0.05) is 12.5 Å². The summed E-state index contributed by atoms with van der Waals surface area (Å²) < 4.78 is 5.11. The standard InChI is InChI=1S/C13H21N3O4/c1-13(2,3)19-12(18)14-7-9-6-10(16-20-9)11(17)15-8-4-5-8/h8-9H,4-7H2,1-3H3,(H,14,18)(H,15,17)/t9-/m0/s1. The summed E-state index contributed by atoms with van der Waals surface area (Å²) in [5.74, 6) is -0.174. The molecule has 0 radical (unpaired) electrons. The number of oxime groups is 1. The van der Waals surface area contributed by atoms with Crippen molar-refractivity contribution in [1.29, 1.82) is 0 Å². The third-order valence-electron chi connectivity index (χ3n) is 2.78. The predicted octanol–water partition coefficient (Wildman–Crippen LogP) is 0.935. The monoisotopic (exact) mass is 283 g/mol. The first kappa shape index (κ1) is 14.6. The molecule has 1 fully saturated rings. The van der Waals surface area contributed by atoms with Crippen molar-refractivity contribution in [2.24, 2.45) is 5.16 Å². The molecule has 7 heteroatoms. The first-order valence-electron chi connectivity index (χ1n) is 6.84. The van der Waals surface area contributed by atoms with Crippen molar-refractivity contribution in [1.82, 2.24) is 10.6 Å². The van der Waals surface area contributed by atoms with Gasteiger partial charge in [0.1, 0.15) is 11.3 Å². The fourth-order valence-corrected chi connectivity index (χ4v) is 1.68. The van der Waals surface area contributed by atoms with Crippen molar-refractivity contribution in [3.63, 3.8) is 0 Å². The summed E-state index contributed by atoms with van der Waals surface area (Å²) in [6, 6.07) is 0.295. The highest BCUT2D eigenvalue weighted by Crippen LogP contribution is 2.19. The van der Waals surface area contributed by atoms with Gasteiger partial charge in [0.15, 0.2) is 6.10 Å². The van der Waals surface area contributed by atoms with Crippen LogP contribution in [0.2, 0.25) is 0 Å². The lowest BCUT2D eigenvalue weighted by molar-refractivity contribution is -0.115. The zero-order valence-corrected chi connectivity index (χ0v) is 12.1. The lowest BCUT2D eigenvalue weighted by Crippen LogP contribution is -2.38. The van der Waals surface area contributed by atoms with Crippen LogP contribution in [0.25, 0.3) is 0 Å². The maximum Gasteiger partial charge on any atom is 0.407 e. The number of ether oxygens (including phenoxy) is 1. The van der Waals surface area contributed by atoms with Crippen LogP contribution in [-0.2, 0) is 14.4 Å². The molecule has 2 N–H and O–H groups in total. The predicted molar refractivity (Wildman–Crippen MR) is 72.3 cm³/mol. The van der Waals surface area contributed by atoms with Crippen LogP contribution >= 0.6 is 0 Å². The summed E-state index contributed by atoms with van der Waals surface area (Å²) >= 11 is 0. The van der Waals surface area contributed by atoms with Gasteiger partial charge in [-0.3, -0.25) is 4.79 Å². The van der Waals surface area contributed by atoms with Gasteiger partial charge in [-0.15, -0.1) is 0 Å². The summed E-state index contributed by atoms with van der Waals surface area (Å²) in [6.45, 7) is 5.64. The van der Waals surface area contributed by atoms with E-state index in [-0.39, 0.29) is 18.6 Å². The van der Waals surface area contributed by atoms with Crippen LogP contribution in [0.15, 0.2) is 5.16 Å². The fourth-order valence-electron chi connectivity index (χ4n) is 1.68. The van der Waals surface area contributed by atoms with Crippen molar-refractivity contribution in [3.05, 3.63) is 0 Å². The van der Waals surface area contributed by atoms with E-state index in [0.717, 1.165) is 12.8 Å². The van der Waals surface area contributed by atoms with Crippen molar-refractivity contribution >= 4 is 17.7 Å². The third kappa shape index (κ3) is 4.71. The summed E-state index contributed by atoms with van der Waals surface area (Å²) in [4.78, 5) is 28.3. The molecule has 1 aliphatic heterocycles. The van der Waals surface area contributed by atoms with Crippen molar-refractivity contribution < 1.29 is 19.2 Å². The molecule has 112 valence electrons. The number of alkyl carbamates (subject to hydrolysis) is 1. The highest BCUT2D eigenvalue weighted by atomic mass is 16.6. The Morgan fingerprint density at radius 3 is 2.70 bits per heavy atom. The molecule has 0 aromatic carbocycles. The minimum absolute atomic E-state index is 0.174. The Morgan fingerprint density at radius 2 is 2.10 bits per heavy atom. The number of hydrogen-bond donors (Lipinski definition) is 2. The maximum atomic E-state index is 11.7. The second kappa shape index (κ2) is 5.68. The Hall–Kier alpha value is -1.79. The Bertz CT molecular complexity index is 424. The van der Waals surface area contributed by atoms with Crippen molar-refractivity contribution in [3.8, 4) is 0 Å². The summed E-state index contributed by atoms with van der Waals surface area (Å²) in [6.07, 6.45) is 1.64. The zero-order chi connectivity index (χ0) is 14.8. The molecule has 1 heterocycles. The van der Waals surface area contributed by atoms with Crippen LogP contribution in [0.4, 0.5) is 4.79 Å². The number of nitrogens with zero attached hydrogens (tertiary/aromatic N) is 1. The molecule has 0 saturated heterocycles. The molecule has 20 heavy (non-hydrogen) atoms. The lowest BCUT2D eigenvalue weighted by Gasteiger charge is -2.20. The maximum absolute atomic E-state index is 11.7. The number of nitrogens with one attached hydrogen (secondary N) is 2. The molecule has 0 aromatic heterocycles. The van der Waals surface area contributed by atoms with Crippen LogP contribution in [0.1, 0.15) is 40.0 Å². The topological polar surface area (TPSA) is 89.0 Å². The van der Waals surface area contributed by atoms with Gasteiger partial charge < -0.3 is 20.2 Å². The second-order valence-corrected chi connectivity index (χ2v) is 6.10. The summed E-state index contributed by atoms with van der Waals surface area (Å²) in [5.41, 5.74) is -0.153. The van der Waals surface area contributed by atoms with Crippen LogP contribution in [-0.4, -0.2) is 42.0 Å². The van der Waals surface area contributed by atoms with Crippen molar-refractivity contribution in [2.75, 3.05) is 6.54 Å². The Labute approximate surface area is 118 Å². The van der Waals surface area contributed by atoms with Gasteiger partial charge >= 0.3 is 6.09 Å². The quantitative estimate of drug-likeness (QED) is 0.803. The van der Waals surface area contributed by atoms with E-state index in [2.05, 4.69) is 15.8 Å². The van der Waals surface area contributed by atoms with Gasteiger partial charge in [-0.2, -0.15) is 0 Å². The smallest absolute Gasteiger partial charge is 0.407 e. The number of carbonyl (C=O) groups is 2. The minimum Gasteiger partial charge on any atom is -0.444 e. The van der Waals surface area contributed by atoms with Gasteiger partial charge in [0.2, 0.25) is 0 Å². The molecular weight excluding hydrogens is 262 g/mol. The number of rotatable bonds is 4. The molecule has 7 nitrogen and oxygen atoms in total. The molecule has 0 aromatic rings. The van der Waals surface area contributed by atoms with E-state index >= 15 is 0 Å². The second-order valence-electron chi connectivity index (χ2n) is 6.10. The van der Waals surface area contributed by atoms with Gasteiger partial charge in [0.05, 0.1) is 6.54 Å². The number of hydrogen-bond acceptors (Lipinski definition) is 5. The molecular formula is C13H21N3O4. The highest BCUT2D eigenvalue weighted by Gasteiger charge is 2.30. The number of amides is 2. The first-order valence-corrected chi connectivity index (χ1v) is 6.84. The van der Waals surface area contributed by atoms with Crippen LogP contribution in [0.5, 0.6) is 0 Å². The van der Waals surface area contributed by atoms with Crippen LogP contribution < -0.4 is 10.6 Å². The van der Waals surface area contributed by atoms with E-state index in [1.807, 2.05) is 0 Å². The molecule has 0 spiro atoms. The summed E-state index contributed by atoms with van der Waals surface area (Å²) in [5, 5.41) is 9.22. The first-order chi connectivity index (χ1) is 9.33. The Kier molecular flexibility index (Phi) is 4.15. The van der Waals surface area contributed by atoms with Gasteiger partial charge in [-0.1, -0.05) is 5.16 Å². The summed E-state index contributed by atoms with van der Waals surface area (Å²) in [7, 11) is 0. The third-order valence-corrected chi connectivity index (χ3v) is 2.78. The SMILES string of the molecule is CC(C)(C)OC(=O)NC[C@@H]1CC(C(=O)NC2CC2)=NO1. The van der Waals surface area contributed by atoms with E-state index < -0.39 is 11.7 Å². The normalized spacial score (nSPS) is 21.8. The average Bonchev–Trinajstić information content (AvgIpc) is 3.00. The zero-order valence-electron chi connectivity index (χ0n) is 12.1. The average molecular weight is 283 g/mol. The molecule has 2 amide bonds. The Balaban J connectivity index is 1.67. The van der Waals surface area contributed by atoms with E-state index in [4.69, 9.17) is 9.57 Å². The van der Waals surface area contributed by atoms with Crippen molar-refractivity contribution in [2.45, 2.75) is 57.8 Å². The molecule has 0 unspecified atom stereocenters. The molecule has 1 aliphatic carbocycles. The van der Waals surface area contributed by atoms with Crippen LogP contribution in [0, 0.1) is 0 Å².